The molecule has 1 aromatic rings. The fourth-order valence-electron chi connectivity index (χ4n) is 2.43. The molecule has 8 heteroatoms. The highest BCUT2D eigenvalue weighted by Gasteiger charge is 2.36. The van der Waals surface area contributed by atoms with E-state index in [2.05, 4.69) is 17.6 Å². The number of halogens is 2. The maximum absolute atomic E-state index is 13.6. The normalized spacial score (nSPS) is 18.4. The number of nitrogens with two attached hydrogens (primary N) is 1. The van der Waals surface area contributed by atoms with Crippen LogP contribution in [0.15, 0.2) is 6.20 Å². The maximum atomic E-state index is 13.6. The van der Waals surface area contributed by atoms with E-state index in [1.165, 1.54) is 6.20 Å². The molecular weight excluding hydrogens is 298 g/mol. The van der Waals surface area contributed by atoms with Crippen LogP contribution < -0.4 is 10.6 Å². The van der Waals surface area contributed by atoms with Gasteiger partial charge in [0.25, 0.3) is 5.92 Å². The lowest BCUT2D eigenvalue weighted by molar-refractivity contribution is -0.0120. The average Bonchev–Trinajstić information content (AvgIpc) is 2.74. The Morgan fingerprint density at radius 1 is 1.48 bits per heavy atom. The second kappa shape index (κ2) is 6.83. The summed E-state index contributed by atoms with van der Waals surface area (Å²) < 4.78 is 34.3. The number of nitrogen functional groups attached to an aromatic ring is 1. The fourth-order valence-corrected chi connectivity index (χ4v) is 2.88. The smallest absolute Gasteiger partial charge is 0.265 e. The molecule has 0 spiro atoms. The second-order valence-electron chi connectivity index (χ2n) is 5.54. The number of hydrogen-bond donors (Lipinski definition) is 1. The van der Waals surface area contributed by atoms with E-state index in [4.69, 9.17) is 10.5 Å². The Balaban J connectivity index is 2.00. The molecule has 2 N–H and O–H groups in total. The number of hydrogen-bond acceptors (Lipinski definition) is 4. The van der Waals surface area contributed by atoms with Gasteiger partial charge in [-0.2, -0.15) is 5.10 Å². The Labute approximate surface area is 126 Å². The Hall–Kier alpha value is -1.02. The van der Waals surface area contributed by atoms with Gasteiger partial charge in [-0.05, 0) is 6.42 Å². The third-order valence-electron chi connectivity index (χ3n) is 3.30. The van der Waals surface area contributed by atoms with Crippen molar-refractivity contribution in [1.29, 1.82) is 0 Å². The predicted molar refractivity (Wildman–Crippen MR) is 83.1 cm³/mol. The molecule has 1 fully saturated rings. The van der Waals surface area contributed by atoms with Crippen molar-refractivity contribution in [3.63, 3.8) is 0 Å². The number of rotatable bonds is 6. The van der Waals surface area contributed by atoms with E-state index in [1.54, 1.807) is 9.58 Å². The molecule has 1 aliphatic heterocycles. The Morgan fingerprint density at radius 2 is 2.24 bits per heavy atom. The number of alkyl halides is 2. The first-order valence-corrected chi connectivity index (χ1v) is 9.16. The molecule has 5 nitrogen and oxygen atoms in total. The van der Waals surface area contributed by atoms with E-state index in [1.807, 2.05) is 0 Å². The first-order chi connectivity index (χ1) is 9.89. The van der Waals surface area contributed by atoms with E-state index >= 15 is 0 Å². The molecule has 1 saturated heterocycles. The Kier molecular flexibility index (Phi) is 5.32. The summed E-state index contributed by atoms with van der Waals surface area (Å²) in [6.07, 6.45) is 6.13. The topological polar surface area (TPSA) is 56.3 Å². The summed E-state index contributed by atoms with van der Waals surface area (Å²) in [5, 5.41) is 4.18. The largest absolute Gasteiger partial charge is 0.394 e. The van der Waals surface area contributed by atoms with Gasteiger partial charge in [-0.3, -0.25) is 0 Å². The van der Waals surface area contributed by atoms with Crippen LogP contribution in [0.4, 0.5) is 20.3 Å². The van der Waals surface area contributed by atoms with Crippen molar-refractivity contribution in [3.8, 4) is 0 Å². The van der Waals surface area contributed by atoms with Crippen molar-refractivity contribution in [1.82, 2.24) is 9.78 Å². The van der Waals surface area contributed by atoms with Gasteiger partial charge in [0.05, 0.1) is 44.1 Å². The van der Waals surface area contributed by atoms with Crippen LogP contribution in [0.1, 0.15) is 12.8 Å². The summed E-state index contributed by atoms with van der Waals surface area (Å²) in [4.78, 5) is 1.63. The highest BCUT2D eigenvalue weighted by molar-refractivity contribution is 7.95. The molecule has 120 valence electrons. The number of aromatic nitrogens is 2. The fraction of sp³-hybridized carbons (Fsp3) is 0.769. The van der Waals surface area contributed by atoms with Gasteiger partial charge in [-0.15, -0.1) is 0 Å². The lowest BCUT2D eigenvalue weighted by Crippen LogP contribution is -2.43. The first kappa shape index (κ1) is 16.4. The second-order valence-corrected chi connectivity index (χ2v) is 7.75. The van der Waals surface area contributed by atoms with E-state index in [9.17, 15) is 8.78 Å². The van der Waals surface area contributed by atoms with E-state index in [0.717, 1.165) is 0 Å². The van der Waals surface area contributed by atoms with Gasteiger partial charge in [0, 0.05) is 23.9 Å². The molecule has 0 amide bonds. The highest BCUT2D eigenvalue weighted by Crippen LogP contribution is 2.32. The highest BCUT2D eigenvalue weighted by atomic mass is 32.2. The van der Waals surface area contributed by atoms with Gasteiger partial charge in [0.2, 0.25) is 5.94 Å². The standard InChI is InChI=1S/C13H23F2N4OS/c1-21(2)10-20-7-6-19-12(11(16)8-17-19)18-5-3-4-13(14,15)9-18/h8H,3-7,9-10,16H2,1-2H3/q+1. The van der Waals surface area contributed by atoms with Gasteiger partial charge < -0.3 is 15.4 Å². The SMILES string of the molecule is C[S+](C)COCCn1ncc(N)c1N1CCCC(F)(F)C1. The molecule has 0 unspecified atom stereocenters. The molecule has 0 aliphatic carbocycles. The summed E-state index contributed by atoms with van der Waals surface area (Å²) in [5.74, 6) is -1.37. The van der Waals surface area contributed by atoms with Crippen molar-refractivity contribution in [2.24, 2.45) is 0 Å². The van der Waals surface area contributed by atoms with Gasteiger partial charge in [-0.1, -0.05) is 0 Å². The molecule has 0 bridgehead atoms. The average molecular weight is 321 g/mol. The molecule has 2 rings (SSSR count). The summed E-state index contributed by atoms with van der Waals surface area (Å²) in [6, 6.07) is 0. The minimum atomic E-state index is -2.66. The quantitative estimate of drug-likeness (QED) is 0.638. The van der Waals surface area contributed by atoms with Crippen LogP contribution in [0.2, 0.25) is 0 Å². The summed E-state index contributed by atoms with van der Waals surface area (Å²) in [6.45, 7) is 1.31. The number of anilines is 2. The van der Waals surface area contributed by atoms with E-state index in [0.29, 0.717) is 43.6 Å². The van der Waals surface area contributed by atoms with E-state index < -0.39 is 5.92 Å². The van der Waals surface area contributed by atoms with E-state index in [-0.39, 0.29) is 23.9 Å². The minimum absolute atomic E-state index is 0.0596. The number of piperidine rings is 1. The summed E-state index contributed by atoms with van der Waals surface area (Å²) in [5.41, 5.74) is 6.35. The Morgan fingerprint density at radius 3 is 2.90 bits per heavy atom. The molecular formula is C13H23F2N4OS+. The van der Waals surface area contributed by atoms with Gasteiger partial charge >= 0.3 is 0 Å². The number of nitrogens with zero attached hydrogens (tertiary/aromatic N) is 3. The van der Waals surface area contributed by atoms with Crippen LogP contribution in [0.5, 0.6) is 0 Å². The third kappa shape index (κ3) is 4.47. The molecule has 1 aromatic heterocycles. The zero-order valence-electron chi connectivity index (χ0n) is 12.5. The van der Waals surface area contributed by atoms with Crippen molar-refractivity contribution >= 4 is 22.4 Å². The van der Waals surface area contributed by atoms with Crippen LogP contribution in [0, 0.1) is 0 Å². The van der Waals surface area contributed by atoms with Crippen molar-refractivity contribution in [3.05, 3.63) is 6.20 Å². The molecule has 21 heavy (non-hydrogen) atoms. The van der Waals surface area contributed by atoms with Crippen molar-refractivity contribution in [2.75, 3.05) is 48.8 Å². The zero-order chi connectivity index (χ0) is 15.5. The molecule has 0 atom stereocenters. The minimum Gasteiger partial charge on any atom is -0.394 e. The molecule has 2 heterocycles. The first-order valence-electron chi connectivity index (χ1n) is 6.95. The molecule has 0 saturated carbocycles. The molecule has 1 aliphatic rings. The van der Waals surface area contributed by atoms with Gasteiger partial charge in [0.15, 0.2) is 5.82 Å². The molecule has 0 radical (unpaired) electrons. The monoisotopic (exact) mass is 321 g/mol. The molecule has 0 aromatic carbocycles. The van der Waals surface area contributed by atoms with Crippen LogP contribution >= 0.6 is 0 Å². The van der Waals surface area contributed by atoms with Crippen LogP contribution in [-0.4, -0.2) is 53.8 Å². The summed E-state index contributed by atoms with van der Waals surface area (Å²) in [7, 11) is 0.226. The van der Waals surface area contributed by atoms with Gasteiger partial charge in [0.1, 0.15) is 0 Å². The third-order valence-corrected chi connectivity index (χ3v) is 3.94. The maximum Gasteiger partial charge on any atom is 0.265 e. The van der Waals surface area contributed by atoms with Crippen molar-refractivity contribution in [2.45, 2.75) is 25.3 Å². The summed E-state index contributed by atoms with van der Waals surface area (Å²) >= 11 is 0. The lowest BCUT2D eigenvalue weighted by atomic mass is 10.1. The van der Waals surface area contributed by atoms with Crippen molar-refractivity contribution < 1.29 is 13.5 Å². The lowest BCUT2D eigenvalue weighted by Gasteiger charge is -2.34. The Bertz CT molecular complexity index is 467. The van der Waals surface area contributed by atoms with Crippen LogP contribution in [0.3, 0.4) is 0 Å². The number of ether oxygens (including phenoxy) is 1. The van der Waals surface area contributed by atoms with Gasteiger partial charge in [-0.25, -0.2) is 13.5 Å². The van der Waals surface area contributed by atoms with Crippen LogP contribution in [-0.2, 0) is 22.2 Å². The zero-order valence-corrected chi connectivity index (χ0v) is 13.3. The van der Waals surface area contributed by atoms with Crippen LogP contribution in [0.25, 0.3) is 0 Å². The predicted octanol–water partition coefficient (Wildman–Crippen LogP) is 1.55.